The van der Waals surface area contributed by atoms with Crippen molar-refractivity contribution >= 4 is 22.8 Å². The van der Waals surface area contributed by atoms with Gasteiger partial charge in [0.1, 0.15) is 6.04 Å². The van der Waals surface area contributed by atoms with E-state index in [4.69, 9.17) is 0 Å². The zero-order valence-electron chi connectivity index (χ0n) is 11.1. The van der Waals surface area contributed by atoms with Gasteiger partial charge in [0.2, 0.25) is 5.91 Å². The van der Waals surface area contributed by atoms with Gasteiger partial charge in [0.05, 0.1) is 0 Å². The van der Waals surface area contributed by atoms with Crippen molar-refractivity contribution in [2.45, 2.75) is 33.7 Å². The average Bonchev–Trinajstić information content (AvgIpc) is 2.28. The summed E-state index contributed by atoms with van der Waals surface area (Å²) in [5.41, 5.74) is 0. The molecule has 2 unspecified atom stereocenters. The fourth-order valence-corrected chi connectivity index (χ4v) is 2.33. The van der Waals surface area contributed by atoms with Crippen LogP contribution in [0.4, 0.5) is 0 Å². The highest BCUT2D eigenvalue weighted by Crippen LogP contribution is 2.15. The van der Waals surface area contributed by atoms with Crippen LogP contribution in [0.5, 0.6) is 0 Å². The van der Waals surface area contributed by atoms with Crippen LogP contribution >= 0.6 is 11.8 Å². The molecule has 1 amide bonds. The highest BCUT2D eigenvalue weighted by molar-refractivity contribution is 8.13. The first-order valence-corrected chi connectivity index (χ1v) is 7.19. The highest BCUT2D eigenvalue weighted by atomic mass is 32.2. The van der Waals surface area contributed by atoms with Crippen LogP contribution in [0.25, 0.3) is 0 Å². The lowest BCUT2D eigenvalue weighted by Gasteiger charge is -2.21. The Morgan fingerprint density at radius 2 is 2.24 bits per heavy atom. The number of thioether (sulfide) groups is 1. The third-order valence-corrected chi connectivity index (χ3v) is 3.73. The molecule has 0 radical (unpaired) electrons. The molecule has 0 bridgehead atoms. The summed E-state index contributed by atoms with van der Waals surface area (Å²) in [6, 6.07) is -0.214. The summed E-state index contributed by atoms with van der Waals surface area (Å²) in [5, 5.41) is 6.98. The Morgan fingerprint density at radius 3 is 2.76 bits per heavy atom. The molecule has 5 heteroatoms. The van der Waals surface area contributed by atoms with Crippen LogP contribution in [0.2, 0.25) is 0 Å². The number of amides is 1. The van der Waals surface area contributed by atoms with Gasteiger partial charge in [-0.2, -0.15) is 0 Å². The maximum atomic E-state index is 11.7. The minimum atomic E-state index is -0.214. The van der Waals surface area contributed by atoms with Crippen molar-refractivity contribution in [1.82, 2.24) is 10.6 Å². The molecule has 17 heavy (non-hydrogen) atoms. The highest BCUT2D eigenvalue weighted by Gasteiger charge is 2.17. The Balaban J connectivity index is 2.33. The predicted octanol–water partition coefficient (Wildman–Crippen LogP) is 1.48. The second kappa shape index (κ2) is 6.89. The molecule has 1 heterocycles. The Bertz CT molecular complexity index is 291. The van der Waals surface area contributed by atoms with Gasteiger partial charge in [-0.05, 0) is 18.8 Å². The van der Waals surface area contributed by atoms with E-state index in [1.165, 1.54) is 0 Å². The quantitative estimate of drug-likeness (QED) is 0.802. The summed E-state index contributed by atoms with van der Waals surface area (Å²) in [5.74, 6) is 2.23. The van der Waals surface area contributed by atoms with E-state index in [2.05, 4.69) is 36.4 Å². The molecule has 1 aliphatic rings. The van der Waals surface area contributed by atoms with Gasteiger partial charge < -0.3 is 10.6 Å². The zero-order chi connectivity index (χ0) is 12.8. The Kier molecular flexibility index (Phi) is 5.82. The number of nitrogens with zero attached hydrogens (tertiary/aromatic N) is 1. The fourth-order valence-electron chi connectivity index (χ4n) is 1.35. The van der Waals surface area contributed by atoms with Gasteiger partial charge in [-0.15, -0.1) is 0 Å². The second-order valence-corrected chi connectivity index (χ2v) is 6.08. The number of rotatable bonds is 4. The van der Waals surface area contributed by atoms with E-state index in [-0.39, 0.29) is 11.9 Å². The summed E-state index contributed by atoms with van der Waals surface area (Å²) in [6.07, 6.45) is 0. The van der Waals surface area contributed by atoms with Gasteiger partial charge in [-0.1, -0.05) is 32.5 Å². The molecule has 0 aromatic carbocycles. The molecular weight excluding hydrogens is 234 g/mol. The molecule has 1 aliphatic heterocycles. The second-order valence-electron chi connectivity index (χ2n) is 5.07. The first-order chi connectivity index (χ1) is 7.99. The molecule has 98 valence electrons. The predicted molar refractivity (Wildman–Crippen MR) is 74.4 cm³/mol. The van der Waals surface area contributed by atoms with Crippen molar-refractivity contribution < 1.29 is 4.79 Å². The first kappa shape index (κ1) is 14.4. The maximum Gasteiger partial charge on any atom is 0.242 e. The maximum absolute atomic E-state index is 11.7. The van der Waals surface area contributed by atoms with Crippen molar-refractivity contribution in [2.75, 3.05) is 18.8 Å². The van der Waals surface area contributed by atoms with Gasteiger partial charge in [0, 0.05) is 18.8 Å². The molecule has 0 spiro atoms. The van der Waals surface area contributed by atoms with Crippen LogP contribution in [0.3, 0.4) is 0 Å². The number of hydrogen-bond donors (Lipinski definition) is 2. The molecule has 0 saturated carbocycles. The molecule has 2 N–H and O–H groups in total. The number of aliphatic imine (C=N–C) groups is 1. The third-order valence-electron chi connectivity index (χ3n) is 2.47. The monoisotopic (exact) mass is 257 g/mol. The Labute approximate surface area is 108 Å². The molecule has 1 rings (SSSR count). The molecule has 0 fully saturated rings. The topological polar surface area (TPSA) is 53.5 Å². The van der Waals surface area contributed by atoms with Gasteiger partial charge in [-0.3, -0.25) is 9.79 Å². The lowest BCUT2D eigenvalue weighted by atomic mass is 10.2. The van der Waals surface area contributed by atoms with Crippen molar-refractivity contribution in [3.8, 4) is 0 Å². The van der Waals surface area contributed by atoms with Crippen LogP contribution in [-0.2, 0) is 4.79 Å². The van der Waals surface area contributed by atoms with Crippen LogP contribution in [0, 0.1) is 11.8 Å². The van der Waals surface area contributed by atoms with Gasteiger partial charge in [0.15, 0.2) is 5.17 Å². The van der Waals surface area contributed by atoms with Crippen molar-refractivity contribution in [3.63, 3.8) is 0 Å². The SMILES string of the molecule is CC(C)CNC(=O)C(C)NC1=NCC(C)CS1. The van der Waals surface area contributed by atoms with E-state index < -0.39 is 0 Å². The number of nitrogens with one attached hydrogen (secondary N) is 2. The Hall–Kier alpha value is -0.710. The van der Waals surface area contributed by atoms with E-state index in [0.717, 1.165) is 24.0 Å². The third kappa shape index (κ3) is 5.44. The summed E-state index contributed by atoms with van der Waals surface area (Å²) < 4.78 is 0. The molecule has 0 aromatic heterocycles. The van der Waals surface area contributed by atoms with Crippen LogP contribution in [-0.4, -0.2) is 36.0 Å². The molecule has 4 nitrogen and oxygen atoms in total. The molecule has 0 aliphatic carbocycles. The zero-order valence-corrected chi connectivity index (χ0v) is 11.9. The molecule has 0 saturated heterocycles. The van der Waals surface area contributed by atoms with Gasteiger partial charge in [0.25, 0.3) is 0 Å². The van der Waals surface area contributed by atoms with Crippen molar-refractivity contribution in [1.29, 1.82) is 0 Å². The fraction of sp³-hybridized carbons (Fsp3) is 0.833. The lowest BCUT2D eigenvalue weighted by molar-refractivity contribution is -0.122. The van der Waals surface area contributed by atoms with E-state index in [9.17, 15) is 4.79 Å². The average molecular weight is 257 g/mol. The normalized spacial score (nSPS) is 21.9. The van der Waals surface area contributed by atoms with E-state index in [1.54, 1.807) is 11.8 Å². The van der Waals surface area contributed by atoms with Crippen molar-refractivity contribution in [3.05, 3.63) is 0 Å². The minimum absolute atomic E-state index is 0.0422. The van der Waals surface area contributed by atoms with Crippen molar-refractivity contribution in [2.24, 2.45) is 16.8 Å². The minimum Gasteiger partial charge on any atom is -0.354 e. The van der Waals surface area contributed by atoms with E-state index in [0.29, 0.717) is 11.8 Å². The van der Waals surface area contributed by atoms with E-state index in [1.807, 2.05) is 6.92 Å². The number of carbonyl (C=O) groups excluding carboxylic acids is 1. The van der Waals surface area contributed by atoms with E-state index >= 15 is 0 Å². The first-order valence-electron chi connectivity index (χ1n) is 6.20. The van der Waals surface area contributed by atoms with Gasteiger partial charge in [-0.25, -0.2) is 0 Å². The number of carbonyl (C=O) groups is 1. The number of amidine groups is 1. The Morgan fingerprint density at radius 1 is 1.53 bits per heavy atom. The van der Waals surface area contributed by atoms with Crippen LogP contribution < -0.4 is 10.6 Å². The summed E-state index contributed by atoms with van der Waals surface area (Å²) >= 11 is 1.70. The largest absolute Gasteiger partial charge is 0.354 e. The molecular formula is C12H23N3OS. The lowest BCUT2D eigenvalue weighted by Crippen LogP contribution is -2.45. The standard InChI is InChI=1S/C12H23N3OS/c1-8(2)5-13-11(16)10(4)15-12-14-6-9(3)7-17-12/h8-10H,5-7H2,1-4H3,(H,13,16)(H,14,15). The van der Waals surface area contributed by atoms with Gasteiger partial charge >= 0.3 is 0 Å². The smallest absolute Gasteiger partial charge is 0.242 e. The summed E-state index contributed by atoms with van der Waals surface area (Å²) in [7, 11) is 0. The summed E-state index contributed by atoms with van der Waals surface area (Å²) in [4.78, 5) is 16.2. The number of hydrogen-bond acceptors (Lipinski definition) is 4. The summed E-state index contributed by atoms with van der Waals surface area (Å²) in [6.45, 7) is 9.81. The molecule has 0 aromatic rings. The van der Waals surface area contributed by atoms with Crippen LogP contribution in [0.1, 0.15) is 27.7 Å². The van der Waals surface area contributed by atoms with Crippen LogP contribution in [0.15, 0.2) is 4.99 Å². The molecule has 2 atom stereocenters.